The highest BCUT2D eigenvalue weighted by Gasteiger charge is 2.39. The first kappa shape index (κ1) is 12.5. The van der Waals surface area contributed by atoms with Crippen LogP contribution in [0.1, 0.15) is 18.5 Å². The van der Waals surface area contributed by atoms with Crippen LogP contribution in [0.5, 0.6) is 0 Å². The second-order valence-corrected chi connectivity index (χ2v) is 5.10. The van der Waals surface area contributed by atoms with E-state index in [0.29, 0.717) is 0 Å². The van der Waals surface area contributed by atoms with Gasteiger partial charge in [0.15, 0.2) is 5.82 Å². The summed E-state index contributed by atoms with van der Waals surface area (Å²) in [5.74, 6) is 1.02. The molecule has 0 aromatic carbocycles. The molecule has 5 heteroatoms. The Morgan fingerprint density at radius 3 is 2.84 bits per heavy atom. The molecule has 0 aliphatic carbocycles. The zero-order valence-electron chi connectivity index (χ0n) is 10.6. The molecule has 1 fully saturated rings. The van der Waals surface area contributed by atoms with Crippen LogP contribution < -0.4 is 10.6 Å². The molecule has 2 aliphatic heterocycles. The molecule has 4 heterocycles. The molecule has 0 unspecified atom stereocenters. The van der Waals surface area contributed by atoms with E-state index in [0.717, 1.165) is 37.4 Å². The van der Waals surface area contributed by atoms with Crippen molar-refractivity contribution in [1.29, 1.82) is 0 Å². The molecule has 0 atom stereocenters. The molecule has 0 bridgehead atoms. The Morgan fingerprint density at radius 2 is 2.00 bits per heavy atom. The third kappa shape index (κ3) is 1.75. The van der Waals surface area contributed by atoms with Crippen molar-refractivity contribution < 1.29 is 0 Å². The van der Waals surface area contributed by atoms with Gasteiger partial charge in [0.1, 0.15) is 0 Å². The molecular weight excluding hydrogens is 260 g/mol. The van der Waals surface area contributed by atoms with Crippen LogP contribution in [0.15, 0.2) is 36.7 Å². The van der Waals surface area contributed by atoms with Crippen molar-refractivity contribution in [2.45, 2.75) is 18.4 Å². The van der Waals surface area contributed by atoms with E-state index in [9.17, 15) is 0 Å². The molecule has 0 radical (unpaired) electrons. The van der Waals surface area contributed by atoms with Crippen LogP contribution in [0, 0.1) is 0 Å². The Bertz CT molecular complexity index is 587. The predicted octanol–water partition coefficient (Wildman–Crippen LogP) is 2.30. The summed E-state index contributed by atoms with van der Waals surface area (Å²) >= 11 is 0. The first-order valence-electron chi connectivity index (χ1n) is 6.51. The maximum absolute atomic E-state index is 4.50. The van der Waals surface area contributed by atoms with Crippen LogP contribution in [0.25, 0.3) is 5.82 Å². The van der Waals surface area contributed by atoms with E-state index in [4.69, 9.17) is 0 Å². The van der Waals surface area contributed by atoms with Crippen molar-refractivity contribution in [2.24, 2.45) is 0 Å². The topological polar surface area (TPSA) is 41.9 Å². The summed E-state index contributed by atoms with van der Waals surface area (Å²) in [7, 11) is 0. The lowest BCUT2D eigenvalue weighted by Gasteiger charge is -2.43. The number of halogens is 1. The van der Waals surface area contributed by atoms with E-state index in [-0.39, 0.29) is 17.9 Å². The molecule has 4 nitrogen and oxygen atoms in total. The van der Waals surface area contributed by atoms with Gasteiger partial charge in [-0.1, -0.05) is 0 Å². The van der Waals surface area contributed by atoms with E-state index in [1.807, 2.05) is 12.3 Å². The van der Waals surface area contributed by atoms with E-state index < -0.39 is 0 Å². The lowest BCUT2D eigenvalue weighted by atomic mass is 9.83. The number of nitrogens with zero attached hydrogens (tertiary/aromatic N) is 2. The Balaban J connectivity index is 0.00000110. The normalized spacial score (nSPS) is 18.9. The Morgan fingerprint density at radius 1 is 1.16 bits per heavy atom. The van der Waals surface area contributed by atoms with Gasteiger partial charge in [-0.15, -0.1) is 12.4 Å². The molecule has 0 amide bonds. The van der Waals surface area contributed by atoms with Gasteiger partial charge in [0.2, 0.25) is 0 Å². The van der Waals surface area contributed by atoms with Crippen LogP contribution in [-0.2, 0) is 5.54 Å². The smallest absolute Gasteiger partial charge is 0.160 e. The van der Waals surface area contributed by atoms with Gasteiger partial charge in [-0.3, -0.25) is 0 Å². The van der Waals surface area contributed by atoms with Crippen molar-refractivity contribution in [2.75, 3.05) is 18.4 Å². The lowest BCUT2D eigenvalue weighted by Crippen LogP contribution is -2.48. The van der Waals surface area contributed by atoms with Gasteiger partial charge in [0.25, 0.3) is 0 Å². The summed E-state index contributed by atoms with van der Waals surface area (Å²) in [6.45, 7) is 2.13. The zero-order chi connectivity index (χ0) is 12.0. The van der Waals surface area contributed by atoms with Gasteiger partial charge in [0.05, 0.1) is 11.2 Å². The number of fused-ring (bicyclic) bond motifs is 4. The molecule has 2 aromatic rings. The highest BCUT2D eigenvalue weighted by Crippen LogP contribution is 2.41. The minimum atomic E-state index is 0. The molecule has 2 N–H and O–H groups in total. The fourth-order valence-corrected chi connectivity index (χ4v) is 3.20. The van der Waals surface area contributed by atoms with E-state index in [2.05, 4.69) is 44.6 Å². The summed E-state index contributed by atoms with van der Waals surface area (Å²) < 4.78 is 2.23. The SMILES string of the molecule is Cl.c1cnc2c(c1)NC1(CCNCC1)c1cccn1-2. The fraction of sp³-hybridized carbons (Fsp3) is 0.357. The number of hydrogen-bond donors (Lipinski definition) is 2. The van der Waals surface area contributed by atoms with Crippen molar-refractivity contribution in [3.63, 3.8) is 0 Å². The maximum Gasteiger partial charge on any atom is 0.160 e. The molecule has 1 saturated heterocycles. The van der Waals surface area contributed by atoms with Crippen LogP contribution in [0.4, 0.5) is 5.69 Å². The van der Waals surface area contributed by atoms with Gasteiger partial charge in [-0.05, 0) is 50.2 Å². The van der Waals surface area contributed by atoms with Gasteiger partial charge >= 0.3 is 0 Å². The summed E-state index contributed by atoms with van der Waals surface area (Å²) in [6, 6.07) is 8.45. The molecule has 19 heavy (non-hydrogen) atoms. The number of nitrogens with one attached hydrogen (secondary N) is 2. The standard InChI is InChI=1S/C14H16N4.ClH/c1-3-11-13(16-7-1)18-10-2-4-12(18)14(17-11)5-8-15-9-6-14;/h1-4,7,10,15,17H,5-6,8-9H2;1H. The first-order valence-corrected chi connectivity index (χ1v) is 6.51. The highest BCUT2D eigenvalue weighted by atomic mass is 35.5. The van der Waals surface area contributed by atoms with Crippen LogP contribution >= 0.6 is 12.4 Å². The largest absolute Gasteiger partial charge is 0.371 e. The Kier molecular flexibility index (Phi) is 2.99. The maximum atomic E-state index is 4.50. The predicted molar refractivity (Wildman–Crippen MR) is 78.2 cm³/mol. The monoisotopic (exact) mass is 276 g/mol. The average molecular weight is 277 g/mol. The van der Waals surface area contributed by atoms with Crippen LogP contribution in [-0.4, -0.2) is 22.6 Å². The van der Waals surface area contributed by atoms with E-state index in [1.54, 1.807) is 0 Å². The minimum absolute atomic E-state index is 0. The van der Waals surface area contributed by atoms with Crippen molar-refractivity contribution in [1.82, 2.24) is 14.9 Å². The number of anilines is 1. The summed E-state index contributed by atoms with van der Waals surface area (Å²) in [4.78, 5) is 4.50. The quantitative estimate of drug-likeness (QED) is 0.776. The Labute approximate surface area is 118 Å². The molecular formula is C14H17ClN4. The number of pyridine rings is 1. The molecule has 4 rings (SSSR count). The third-order valence-corrected chi connectivity index (χ3v) is 4.08. The van der Waals surface area contributed by atoms with Gasteiger partial charge < -0.3 is 15.2 Å². The van der Waals surface area contributed by atoms with Crippen molar-refractivity contribution >= 4 is 18.1 Å². The zero-order valence-corrected chi connectivity index (χ0v) is 11.4. The second-order valence-electron chi connectivity index (χ2n) is 5.10. The molecule has 1 spiro atoms. The van der Waals surface area contributed by atoms with Crippen molar-refractivity contribution in [3.8, 4) is 5.82 Å². The fourth-order valence-electron chi connectivity index (χ4n) is 3.20. The van der Waals surface area contributed by atoms with Gasteiger partial charge in [-0.2, -0.15) is 0 Å². The second kappa shape index (κ2) is 4.54. The average Bonchev–Trinajstić information content (AvgIpc) is 2.90. The summed E-state index contributed by atoms with van der Waals surface area (Å²) in [6.07, 6.45) is 6.20. The molecule has 0 saturated carbocycles. The number of aromatic nitrogens is 2. The number of hydrogen-bond acceptors (Lipinski definition) is 3. The van der Waals surface area contributed by atoms with Crippen LogP contribution in [0.2, 0.25) is 0 Å². The first-order chi connectivity index (χ1) is 8.89. The number of rotatable bonds is 0. The third-order valence-electron chi connectivity index (χ3n) is 4.08. The Hall–Kier alpha value is -1.52. The summed E-state index contributed by atoms with van der Waals surface area (Å²) in [5.41, 5.74) is 2.56. The van der Waals surface area contributed by atoms with Crippen LogP contribution in [0.3, 0.4) is 0 Å². The molecule has 2 aliphatic rings. The van der Waals surface area contributed by atoms with E-state index in [1.165, 1.54) is 5.69 Å². The van der Waals surface area contributed by atoms with Crippen molar-refractivity contribution in [3.05, 3.63) is 42.4 Å². The molecule has 100 valence electrons. The van der Waals surface area contributed by atoms with Gasteiger partial charge in [-0.25, -0.2) is 4.98 Å². The molecule has 2 aromatic heterocycles. The number of piperidine rings is 1. The summed E-state index contributed by atoms with van der Waals surface area (Å²) in [5, 5.41) is 7.17. The highest BCUT2D eigenvalue weighted by molar-refractivity contribution is 5.85. The van der Waals surface area contributed by atoms with E-state index >= 15 is 0 Å². The minimum Gasteiger partial charge on any atom is -0.371 e. The van der Waals surface area contributed by atoms with Gasteiger partial charge in [0, 0.05) is 18.1 Å². The lowest BCUT2D eigenvalue weighted by molar-refractivity contribution is 0.329.